The van der Waals surface area contributed by atoms with Gasteiger partial charge in [-0.3, -0.25) is 14.5 Å². The molecule has 2 aliphatic heterocycles. The summed E-state index contributed by atoms with van der Waals surface area (Å²) in [6, 6.07) is 15.8. The number of hydrogen-bond donors (Lipinski definition) is 1. The molecule has 42 heavy (non-hydrogen) atoms. The van der Waals surface area contributed by atoms with Gasteiger partial charge in [-0.2, -0.15) is 0 Å². The molecule has 2 fully saturated rings. The van der Waals surface area contributed by atoms with E-state index in [2.05, 4.69) is 29.2 Å². The van der Waals surface area contributed by atoms with E-state index in [4.69, 9.17) is 13.9 Å². The average molecular weight is 569 g/mol. The van der Waals surface area contributed by atoms with Crippen LogP contribution >= 0.6 is 0 Å². The van der Waals surface area contributed by atoms with Gasteiger partial charge >= 0.3 is 5.97 Å². The quantitative estimate of drug-likeness (QED) is 0.260. The average Bonchev–Trinajstić information content (AvgIpc) is 3.62. The molecular formula is C34H36N2O6. The number of likely N-dealkylation sites (N-methyl/N-ethyl adjacent to an activating group) is 1. The Hall–Kier alpha value is -3.88. The lowest BCUT2D eigenvalue weighted by atomic mass is 9.48. The standard InChI is InChI=1S/C34H36N2O6/c1-22(37)41-27-10-9-25-20-28-34(39)15-12-26(35(2)29(38)11-8-24-14-19-40-21-24)32-33(34,30(25)31(27)42-32)16-18-36(28)17-13-23-6-4-3-5-7-23/h3-11,14,19,21,26,28,32,39H,12-13,15-18,20H2,1-2H3/b11-8+/t26-,28+,32-,33-,34+/m0/s1. The number of aliphatic hydroxyl groups is 1. The lowest BCUT2D eigenvalue weighted by Crippen LogP contribution is -2.78. The number of carbonyl (C=O) groups is 2. The summed E-state index contributed by atoms with van der Waals surface area (Å²) in [5.74, 6) is 0.361. The van der Waals surface area contributed by atoms with E-state index in [9.17, 15) is 14.7 Å². The van der Waals surface area contributed by atoms with Crippen LogP contribution in [-0.4, -0.2) is 70.7 Å². The molecule has 2 aromatic carbocycles. The topological polar surface area (TPSA) is 92.5 Å². The third-order valence-electron chi connectivity index (χ3n) is 10.1. The number of amides is 1. The van der Waals surface area contributed by atoms with E-state index in [1.165, 1.54) is 12.5 Å². The van der Waals surface area contributed by atoms with Gasteiger partial charge in [0, 0.05) is 43.8 Å². The number of carbonyl (C=O) groups excluding carboxylic acids is 2. The zero-order chi connectivity index (χ0) is 29.1. The summed E-state index contributed by atoms with van der Waals surface area (Å²) in [6.07, 6.45) is 9.41. The first-order chi connectivity index (χ1) is 20.3. The first-order valence-corrected chi connectivity index (χ1v) is 14.8. The number of furan rings is 1. The van der Waals surface area contributed by atoms with Crippen molar-refractivity contribution in [2.24, 2.45) is 0 Å². The van der Waals surface area contributed by atoms with Crippen LogP contribution in [0.5, 0.6) is 11.5 Å². The second kappa shape index (κ2) is 10.1. The van der Waals surface area contributed by atoms with Crippen LogP contribution < -0.4 is 9.47 Å². The van der Waals surface area contributed by atoms with Crippen LogP contribution in [0.4, 0.5) is 0 Å². The Morgan fingerprint density at radius 1 is 1.17 bits per heavy atom. The van der Waals surface area contributed by atoms with E-state index >= 15 is 0 Å². The van der Waals surface area contributed by atoms with Gasteiger partial charge in [-0.15, -0.1) is 0 Å². The van der Waals surface area contributed by atoms with Gasteiger partial charge in [-0.25, -0.2) is 0 Å². The molecule has 5 atom stereocenters. The molecule has 1 aromatic heterocycles. The molecule has 0 radical (unpaired) electrons. The van der Waals surface area contributed by atoms with E-state index in [1.807, 2.05) is 25.2 Å². The molecule has 1 N–H and O–H groups in total. The van der Waals surface area contributed by atoms with Crippen LogP contribution in [0, 0.1) is 0 Å². The fraction of sp³-hybridized carbons (Fsp3) is 0.412. The van der Waals surface area contributed by atoms with Gasteiger partial charge in [0.1, 0.15) is 6.10 Å². The van der Waals surface area contributed by atoms with Crippen LogP contribution in [0.25, 0.3) is 6.08 Å². The first kappa shape index (κ1) is 27.0. The summed E-state index contributed by atoms with van der Waals surface area (Å²) in [5.41, 5.74) is 2.41. The Morgan fingerprint density at radius 3 is 2.76 bits per heavy atom. The first-order valence-electron chi connectivity index (χ1n) is 14.8. The van der Waals surface area contributed by atoms with E-state index in [1.54, 1.807) is 35.6 Å². The fourth-order valence-corrected chi connectivity index (χ4v) is 8.23. The molecular weight excluding hydrogens is 532 g/mol. The molecule has 8 nitrogen and oxygen atoms in total. The Balaban J connectivity index is 1.26. The van der Waals surface area contributed by atoms with Gasteiger partial charge in [0.15, 0.2) is 11.5 Å². The number of benzene rings is 2. The normalized spacial score (nSPS) is 29.2. The van der Waals surface area contributed by atoms with Gasteiger partial charge in [0.05, 0.1) is 29.6 Å². The summed E-state index contributed by atoms with van der Waals surface area (Å²) in [4.78, 5) is 29.6. The predicted molar refractivity (Wildman–Crippen MR) is 156 cm³/mol. The van der Waals surface area contributed by atoms with Crippen molar-refractivity contribution in [2.75, 3.05) is 20.1 Å². The largest absolute Gasteiger partial charge is 0.483 e. The molecule has 1 saturated carbocycles. The van der Waals surface area contributed by atoms with Gasteiger partial charge in [0.25, 0.3) is 0 Å². The molecule has 1 spiro atoms. The van der Waals surface area contributed by atoms with Gasteiger partial charge < -0.3 is 23.9 Å². The van der Waals surface area contributed by atoms with E-state index < -0.39 is 23.1 Å². The van der Waals surface area contributed by atoms with Crippen molar-refractivity contribution in [3.05, 3.63) is 89.4 Å². The minimum atomic E-state index is -1.05. The number of esters is 1. The summed E-state index contributed by atoms with van der Waals surface area (Å²) >= 11 is 0. The molecule has 4 aliphatic rings. The minimum Gasteiger partial charge on any atom is -0.483 e. The second-order valence-electron chi connectivity index (χ2n) is 12.1. The molecule has 2 bridgehead atoms. The van der Waals surface area contributed by atoms with Crippen LogP contribution in [0.3, 0.4) is 0 Å². The van der Waals surface area contributed by atoms with Crippen LogP contribution in [0.1, 0.15) is 48.4 Å². The molecule has 3 aromatic rings. The Bertz CT molecular complexity index is 1530. The zero-order valence-corrected chi connectivity index (χ0v) is 24.0. The Morgan fingerprint density at radius 2 is 2.00 bits per heavy atom. The number of piperidine rings is 1. The lowest BCUT2D eigenvalue weighted by Gasteiger charge is -2.64. The Labute approximate surface area is 245 Å². The Kier molecular flexibility index (Phi) is 6.51. The number of hydrogen-bond acceptors (Lipinski definition) is 7. The van der Waals surface area contributed by atoms with E-state index in [-0.39, 0.29) is 18.0 Å². The van der Waals surface area contributed by atoms with Crippen molar-refractivity contribution >= 4 is 18.0 Å². The SMILES string of the molecule is CC(=O)Oc1ccc2c3c1O[C@H]1[C@@H](N(C)C(=O)/C=C/c4ccoc4)CC[C@@]4(O)[C@@H](C2)N(CCc2ccccc2)CC[C@]314. The molecule has 1 amide bonds. The number of ether oxygens (including phenoxy) is 2. The third-order valence-corrected chi connectivity index (χ3v) is 10.1. The summed E-state index contributed by atoms with van der Waals surface area (Å²) in [6.45, 7) is 3.04. The van der Waals surface area contributed by atoms with Gasteiger partial charge in [0.2, 0.25) is 5.91 Å². The van der Waals surface area contributed by atoms with E-state index in [0.29, 0.717) is 37.2 Å². The smallest absolute Gasteiger partial charge is 0.308 e. The van der Waals surface area contributed by atoms with Crippen molar-refractivity contribution in [1.29, 1.82) is 0 Å². The molecule has 2 aliphatic carbocycles. The highest BCUT2D eigenvalue weighted by atomic mass is 16.6. The highest BCUT2D eigenvalue weighted by Gasteiger charge is 2.73. The minimum absolute atomic E-state index is 0.0815. The maximum atomic E-state index is 13.4. The molecule has 7 rings (SSSR count). The van der Waals surface area contributed by atoms with Crippen molar-refractivity contribution in [3.63, 3.8) is 0 Å². The lowest BCUT2D eigenvalue weighted by molar-refractivity contribution is -0.199. The highest BCUT2D eigenvalue weighted by molar-refractivity contribution is 5.92. The summed E-state index contributed by atoms with van der Waals surface area (Å²) in [7, 11) is 1.81. The maximum Gasteiger partial charge on any atom is 0.308 e. The molecule has 0 unspecified atom stereocenters. The molecule has 1 saturated heterocycles. The number of nitrogens with zero attached hydrogens (tertiary/aromatic N) is 2. The van der Waals surface area contributed by atoms with Gasteiger partial charge in [-0.05, 0) is 68.0 Å². The molecule has 3 heterocycles. The zero-order valence-electron chi connectivity index (χ0n) is 24.0. The predicted octanol–water partition coefficient (Wildman–Crippen LogP) is 4.14. The van der Waals surface area contributed by atoms with Crippen LogP contribution in [0.15, 0.2) is 71.6 Å². The van der Waals surface area contributed by atoms with Crippen molar-refractivity contribution in [2.45, 2.75) is 68.2 Å². The highest BCUT2D eigenvalue weighted by Crippen LogP contribution is 2.66. The van der Waals surface area contributed by atoms with Crippen molar-refractivity contribution < 1.29 is 28.6 Å². The second-order valence-corrected chi connectivity index (χ2v) is 12.1. The molecule has 8 heteroatoms. The van der Waals surface area contributed by atoms with Gasteiger partial charge in [-0.1, -0.05) is 36.4 Å². The van der Waals surface area contributed by atoms with Crippen LogP contribution in [0.2, 0.25) is 0 Å². The summed E-state index contributed by atoms with van der Waals surface area (Å²) in [5, 5.41) is 12.9. The van der Waals surface area contributed by atoms with Crippen LogP contribution in [-0.2, 0) is 27.8 Å². The third kappa shape index (κ3) is 4.03. The van der Waals surface area contributed by atoms with Crippen molar-refractivity contribution in [3.8, 4) is 11.5 Å². The fourth-order valence-electron chi connectivity index (χ4n) is 8.23. The molecule has 218 valence electrons. The number of rotatable bonds is 7. The maximum absolute atomic E-state index is 13.4. The van der Waals surface area contributed by atoms with Crippen molar-refractivity contribution in [1.82, 2.24) is 9.80 Å². The number of likely N-dealkylation sites (tertiary alicyclic amines) is 1. The van der Waals surface area contributed by atoms with E-state index in [0.717, 1.165) is 36.2 Å². The summed E-state index contributed by atoms with van der Waals surface area (Å²) < 4.78 is 17.5. The monoisotopic (exact) mass is 568 g/mol.